The molecule has 1 aliphatic rings. The van der Waals surface area contributed by atoms with Crippen LogP contribution >= 0.6 is 23.1 Å². The van der Waals surface area contributed by atoms with Gasteiger partial charge >= 0.3 is 0 Å². The molecule has 1 aromatic heterocycles. The summed E-state index contributed by atoms with van der Waals surface area (Å²) >= 11 is 2.97. The van der Waals surface area contributed by atoms with Crippen LogP contribution < -0.4 is 10.6 Å². The van der Waals surface area contributed by atoms with Crippen LogP contribution in [0.25, 0.3) is 16.3 Å². The highest BCUT2D eigenvalue weighted by atomic mass is 32.2. The van der Waals surface area contributed by atoms with Crippen molar-refractivity contribution in [3.8, 4) is 0 Å². The van der Waals surface area contributed by atoms with Gasteiger partial charge in [0.1, 0.15) is 0 Å². The second-order valence-corrected chi connectivity index (χ2v) is 8.78. The maximum Gasteiger partial charge on any atom is 0.248 e. The highest BCUT2D eigenvalue weighted by Gasteiger charge is 2.23. The molecule has 1 heterocycles. The number of fused-ring (bicyclic) bond motifs is 1. The Hall–Kier alpha value is -2.64. The predicted octanol–water partition coefficient (Wildman–Crippen LogP) is 4.32. The van der Waals surface area contributed by atoms with E-state index in [9.17, 15) is 9.59 Å². The molecule has 1 saturated carbocycles. The van der Waals surface area contributed by atoms with Crippen LogP contribution in [0, 0.1) is 0 Å². The zero-order chi connectivity index (χ0) is 19.3. The fraction of sp³-hybridized carbons (Fsp3) is 0.190. The molecule has 2 aromatic carbocycles. The molecule has 0 atom stereocenters. The van der Waals surface area contributed by atoms with E-state index in [1.165, 1.54) is 29.2 Å². The quantitative estimate of drug-likeness (QED) is 0.450. The number of hydrogen-bond acceptors (Lipinski definition) is 5. The van der Waals surface area contributed by atoms with Crippen LogP contribution in [0.2, 0.25) is 0 Å². The minimum absolute atomic E-state index is 0.0601. The maximum absolute atomic E-state index is 12.1. The number of carbonyl (C=O) groups excluding carboxylic acids is 2. The van der Waals surface area contributed by atoms with Crippen molar-refractivity contribution in [2.75, 3.05) is 11.1 Å². The molecule has 0 spiro atoms. The molecule has 142 valence electrons. The van der Waals surface area contributed by atoms with Crippen LogP contribution in [0.15, 0.2) is 58.9 Å². The van der Waals surface area contributed by atoms with E-state index in [0.29, 0.717) is 11.8 Å². The first-order chi connectivity index (χ1) is 13.7. The van der Waals surface area contributed by atoms with E-state index >= 15 is 0 Å². The summed E-state index contributed by atoms with van der Waals surface area (Å²) in [7, 11) is 0. The van der Waals surface area contributed by atoms with Gasteiger partial charge in [-0.3, -0.25) is 9.59 Å². The van der Waals surface area contributed by atoms with Gasteiger partial charge < -0.3 is 10.6 Å². The number of amides is 2. The lowest BCUT2D eigenvalue weighted by atomic mass is 10.2. The smallest absolute Gasteiger partial charge is 0.248 e. The molecular weight excluding hydrogens is 390 g/mol. The standard InChI is InChI=1S/C21H19N3O2S2/c25-19(11-6-14-4-2-1-3-5-14)23-16-9-10-17-18(12-16)28-21(24-17)27-13-20(26)22-15-7-8-15/h1-6,9-12,15H,7-8,13H2,(H,22,26)(H,23,25)/b11-6+. The number of carbonyl (C=O) groups is 2. The first-order valence-corrected chi connectivity index (χ1v) is 10.8. The average Bonchev–Trinajstić information content (AvgIpc) is 3.41. The molecule has 0 aliphatic heterocycles. The van der Waals surface area contributed by atoms with Crippen molar-refractivity contribution in [3.05, 3.63) is 60.2 Å². The van der Waals surface area contributed by atoms with E-state index in [4.69, 9.17) is 0 Å². The van der Waals surface area contributed by atoms with Crippen molar-refractivity contribution in [1.29, 1.82) is 0 Å². The van der Waals surface area contributed by atoms with Crippen LogP contribution in [-0.2, 0) is 9.59 Å². The molecular formula is C21H19N3O2S2. The Balaban J connectivity index is 1.36. The van der Waals surface area contributed by atoms with E-state index in [-0.39, 0.29) is 11.8 Å². The molecule has 1 aliphatic carbocycles. The number of aromatic nitrogens is 1. The largest absolute Gasteiger partial charge is 0.353 e. The Morgan fingerprint density at radius 2 is 2.00 bits per heavy atom. The number of anilines is 1. The summed E-state index contributed by atoms with van der Waals surface area (Å²) in [6.45, 7) is 0. The van der Waals surface area contributed by atoms with Crippen LogP contribution in [0.4, 0.5) is 5.69 Å². The van der Waals surface area contributed by atoms with Crippen molar-refractivity contribution in [2.45, 2.75) is 23.2 Å². The van der Waals surface area contributed by atoms with Gasteiger partial charge in [-0.25, -0.2) is 4.98 Å². The molecule has 0 bridgehead atoms. The second-order valence-electron chi connectivity index (χ2n) is 6.53. The molecule has 0 radical (unpaired) electrons. The number of hydrogen-bond donors (Lipinski definition) is 2. The highest BCUT2D eigenvalue weighted by Crippen LogP contribution is 2.31. The summed E-state index contributed by atoms with van der Waals surface area (Å²) in [5, 5.41) is 5.85. The third kappa shape index (κ3) is 5.21. The molecule has 1 fully saturated rings. The van der Waals surface area contributed by atoms with E-state index in [1.54, 1.807) is 6.08 Å². The minimum Gasteiger partial charge on any atom is -0.353 e. The molecule has 2 N–H and O–H groups in total. The van der Waals surface area contributed by atoms with Crippen molar-refractivity contribution in [1.82, 2.24) is 10.3 Å². The van der Waals surface area contributed by atoms with Crippen LogP contribution in [0.1, 0.15) is 18.4 Å². The van der Waals surface area contributed by atoms with Gasteiger partial charge in [-0.1, -0.05) is 42.1 Å². The zero-order valence-corrected chi connectivity index (χ0v) is 16.7. The monoisotopic (exact) mass is 409 g/mol. The molecule has 0 unspecified atom stereocenters. The Labute approximate surface area is 171 Å². The van der Waals surface area contributed by atoms with Gasteiger partial charge in [0.15, 0.2) is 4.34 Å². The van der Waals surface area contributed by atoms with Crippen molar-refractivity contribution < 1.29 is 9.59 Å². The van der Waals surface area contributed by atoms with Gasteiger partial charge in [-0.15, -0.1) is 11.3 Å². The summed E-state index contributed by atoms with van der Waals surface area (Å²) in [6.07, 6.45) is 5.48. The van der Waals surface area contributed by atoms with E-state index in [1.807, 2.05) is 48.5 Å². The third-order valence-corrected chi connectivity index (χ3v) is 6.29. The summed E-state index contributed by atoms with van der Waals surface area (Å²) in [5.41, 5.74) is 2.57. The fourth-order valence-corrected chi connectivity index (χ4v) is 4.51. The van der Waals surface area contributed by atoms with Gasteiger partial charge in [0.2, 0.25) is 11.8 Å². The van der Waals surface area contributed by atoms with Crippen LogP contribution in [0.5, 0.6) is 0 Å². The number of thioether (sulfide) groups is 1. The predicted molar refractivity (Wildman–Crippen MR) is 116 cm³/mol. The summed E-state index contributed by atoms with van der Waals surface area (Å²) in [6, 6.07) is 15.7. The molecule has 5 nitrogen and oxygen atoms in total. The van der Waals surface area contributed by atoms with Gasteiger partial charge in [0.05, 0.1) is 16.0 Å². The lowest BCUT2D eigenvalue weighted by Gasteiger charge is -2.01. The number of thiazole rings is 1. The summed E-state index contributed by atoms with van der Waals surface area (Å²) in [4.78, 5) is 28.5. The zero-order valence-electron chi connectivity index (χ0n) is 15.1. The molecule has 28 heavy (non-hydrogen) atoms. The average molecular weight is 410 g/mol. The Morgan fingerprint density at radius 1 is 1.18 bits per heavy atom. The van der Waals surface area contributed by atoms with Crippen LogP contribution in [-0.4, -0.2) is 28.6 Å². The molecule has 2 amide bonds. The fourth-order valence-electron chi connectivity index (χ4n) is 2.59. The molecule has 0 saturated heterocycles. The Morgan fingerprint density at radius 3 is 2.79 bits per heavy atom. The molecule has 4 rings (SSSR count). The topological polar surface area (TPSA) is 71.1 Å². The molecule has 7 heteroatoms. The first kappa shape index (κ1) is 18.7. The SMILES string of the molecule is O=C(/C=C/c1ccccc1)Nc1ccc2nc(SCC(=O)NC3CC3)sc2c1. The van der Waals surface area contributed by atoms with Gasteiger partial charge in [-0.05, 0) is 42.7 Å². The van der Waals surface area contributed by atoms with Gasteiger partial charge in [-0.2, -0.15) is 0 Å². The lowest BCUT2D eigenvalue weighted by Crippen LogP contribution is -2.26. The number of benzene rings is 2. The van der Waals surface area contributed by atoms with Gasteiger partial charge in [0.25, 0.3) is 0 Å². The number of nitrogens with zero attached hydrogens (tertiary/aromatic N) is 1. The Bertz CT molecular complexity index is 1030. The van der Waals surface area contributed by atoms with E-state index in [2.05, 4.69) is 15.6 Å². The lowest BCUT2D eigenvalue weighted by molar-refractivity contribution is -0.118. The number of nitrogens with one attached hydrogen (secondary N) is 2. The van der Waals surface area contributed by atoms with Crippen molar-refractivity contribution >= 4 is 56.9 Å². The number of rotatable bonds is 7. The normalized spacial score (nSPS) is 13.7. The first-order valence-electron chi connectivity index (χ1n) is 9.02. The van der Waals surface area contributed by atoms with Gasteiger partial charge in [0, 0.05) is 17.8 Å². The third-order valence-electron chi connectivity index (χ3n) is 4.13. The molecule has 3 aromatic rings. The minimum atomic E-state index is -0.181. The van der Waals surface area contributed by atoms with Crippen LogP contribution in [0.3, 0.4) is 0 Å². The van der Waals surface area contributed by atoms with Crippen molar-refractivity contribution in [3.63, 3.8) is 0 Å². The summed E-state index contributed by atoms with van der Waals surface area (Å²) < 4.78 is 1.84. The Kier molecular flexibility index (Phi) is 5.73. The summed E-state index contributed by atoms with van der Waals surface area (Å²) in [5.74, 6) is 0.258. The van der Waals surface area contributed by atoms with E-state index in [0.717, 1.165) is 38.6 Å². The maximum atomic E-state index is 12.1. The van der Waals surface area contributed by atoms with Crippen molar-refractivity contribution in [2.24, 2.45) is 0 Å². The van der Waals surface area contributed by atoms with E-state index < -0.39 is 0 Å². The highest BCUT2D eigenvalue weighted by molar-refractivity contribution is 8.01. The second kappa shape index (κ2) is 8.58.